The van der Waals surface area contributed by atoms with E-state index in [2.05, 4.69) is 158 Å². The first-order valence-electron chi connectivity index (χ1n) is 20.9. The van der Waals surface area contributed by atoms with Crippen LogP contribution in [-0.4, -0.2) is 19.9 Å². The highest BCUT2D eigenvalue weighted by Crippen LogP contribution is 2.40. The molecule has 2 aromatic heterocycles. The molecule has 4 nitrogen and oxygen atoms in total. The van der Waals surface area contributed by atoms with Gasteiger partial charge in [0, 0.05) is 27.9 Å². The highest BCUT2D eigenvalue weighted by Gasteiger charge is 2.18. The van der Waals surface area contributed by atoms with Gasteiger partial charge in [0.25, 0.3) is 0 Å². The molecule has 0 spiro atoms. The molecule has 0 N–H and O–H groups in total. The monoisotopic (exact) mass is 780 g/mol. The minimum atomic E-state index is 0.628. The van der Waals surface area contributed by atoms with E-state index < -0.39 is 0 Å². The molecule has 0 unspecified atom stereocenters. The second-order valence-electron chi connectivity index (χ2n) is 15.8. The summed E-state index contributed by atoms with van der Waals surface area (Å²) in [7, 11) is 0. The maximum atomic E-state index is 5.17. The van der Waals surface area contributed by atoms with Crippen LogP contribution < -0.4 is 0 Å². The summed E-state index contributed by atoms with van der Waals surface area (Å²) in [6.45, 7) is 2.03. The predicted molar refractivity (Wildman–Crippen MR) is 253 cm³/mol. The van der Waals surface area contributed by atoms with E-state index in [4.69, 9.17) is 19.9 Å². The molecule has 0 bridgehead atoms. The van der Waals surface area contributed by atoms with Crippen molar-refractivity contribution in [1.82, 2.24) is 19.9 Å². The highest BCUT2D eigenvalue weighted by molar-refractivity contribution is 6.13. The Morgan fingerprint density at radius 3 is 1.56 bits per heavy atom. The lowest BCUT2D eigenvalue weighted by molar-refractivity contribution is 1.00. The summed E-state index contributed by atoms with van der Waals surface area (Å²) < 4.78 is 0. The molecule has 11 rings (SSSR count). The second-order valence-corrected chi connectivity index (χ2v) is 15.8. The molecule has 0 atom stereocenters. The lowest BCUT2D eigenvalue weighted by Crippen LogP contribution is -2.00. The number of rotatable bonds is 7. The Kier molecular flexibility index (Phi) is 9.16. The van der Waals surface area contributed by atoms with E-state index in [1.165, 1.54) is 32.7 Å². The largest absolute Gasteiger partial charge is 0.253 e. The molecule has 1 aliphatic carbocycles. The van der Waals surface area contributed by atoms with Crippen LogP contribution >= 0.6 is 0 Å². The van der Waals surface area contributed by atoms with Crippen LogP contribution in [0.4, 0.5) is 0 Å². The molecule has 2 heterocycles. The average molecular weight is 781 g/mol. The van der Waals surface area contributed by atoms with Crippen LogP contribution in [0.15, 0.2) is 194 Å². The van der Waals surface area contributed by atoms with Gasteiger partial charge in [-0.25, -0.2) is 15.0 Å². The van der Waals surface area contributed by atoms with Gasteiger partial charge in [-0.2, -0.15) is 0 Å². The topological polar surface area (TPSA) is 51.6 Å². The van der Waals surface area contributed by atoms with E-state index in [0.29, 0.717) is 17.5 Å². The molecular formula is C57H40N4. The molecule has 10 aromatic rings. The minimum Gasteiger partial charge on any atom is -0.253 e. The van der Waals surface area contributed by atoms with Gasteiger partial charge < -0.3 is 0 Å². The maximum absolute atomic E-state index is 5.17. The molecule has 0 fully saturated rings. The summed E-state index contributed by atoms with van der Waals surface area (Å²) in [5.74, 6) is 1.91. The number of hydrogen-bond donors (Lipinski definition) is 0. The standard InChI is InChI=1S/C57H40N4/c1-37-14-12-25-54(58-37)44-20-13-19-42(32-44)38-26-28-39(29-27-38)45-33-46(43-30-31-52-50-23-9-8-21-48(50)49-22-10-11-24-51(49)53(52)36-43)35-47(34-45)57-60-55(40-15-4-2-5-16-40)59-56(61-57)41-17-6-3-7-18-41/h2-10,12-23,25-36H,11,24H2,1H3. The molecule has 0 amide bonds. The fraction of sp³-hybridized carbons (Fsp3) is 0.0526. The van der Waals surface area contributed by atoms with E-state index in [1.54, 1.807) is 0 Å². The third kappa shape index (κ3) is 6.98. The van der Waals surface area contributed by atoms with Crippen molar-refractivity contribution in [2.24, 2.45) is 0 Å². The molecular weight excluding hydrogens is 741 g/mol. The number of allylic oxidation sites excluding steroid dienone is 1. The van der Waals surface area contributed by atoms with Gasteiger partial charge in [0.1, 0.15) is 0 Å². The van der Waals surface area contributed by atoms with E-state index in [-0.39, 0.29) is 0 Å². The number of aryl methyl sites for hydroxylation is 2. The highest BCUT2D eigenvalue weighted by atomic mass is 15.0. The summed E-state index contributed by atoms with van der Waals surface area (Å²) in [5.41, 5.74) is 15.4. The van der Waals surface area contributed by atoms with Gasteiger partial charge in [0.2, 0.25) is 0 Å². The molecule has 1 aliphatic rings. The predicted octanol–water partition coefficient (Wildman–Crippen LogP) is 14.5. The summed E-state index contributed by atoms with van der Waals surface area (Å²) in [6.07, 6.45) is 6.70. The van der Waals surface area contributed by atoms with Crippen LogP contribution in [0.25, 0.3) is 106 Å². The number of hydrogen-bond acceptors (Lipinski definition) is 4. The van der Waals surface area contributed by atoms with E-state index in [9.17, 15) is 0 Å². The molecule has 0 saturated carbocycles. The Hall–Kier alpha value is -7.82. The Morgan fingerprint density at radius 1 is 0.344 bits per heavy atom. The van der Waals surface area contributed by atoms with Crippen molar-refractivity contribution in [3.63, 3.8) is 0 Å². The number of benzene rings is 8. The van der Waals surface area contributed by atoms with Crippen LogP contribution in [0.3, 0.4) is 0 Å². The molecule has 0 radical (unpaired) electrons. The third-order valence-electron chi connectivity index (χ3n) is 11.8. The Labute approximate surface area is 355 Å². The van der Waals surface area contributed by atoms with Crippen LogP contribution in [0, 0.1) is 6.92 Å². The number of nitrogens with zero attached hydrogens (tertiary/aromatic N) is 4. The van der Waals surface area contributed by atoms with Crippen molar-refractivity contribution >= 4 is 27.6 Å². The van der Waals surface area contributed by atoms with Gasteiger partial charge in [0.15, 0.2) is 17.5 Å². The van der Waals surface area contributed by atoms with Crippen molar-refractivity contribution in [1.29, 1.82) is 0 Å². The van der Waals surface area contributed by atoms with E-state index in [1.807, 2.05) is 49.4 Å². The molecule has 61 heavy (non-hydrogen) atoms. The molecule has 0 saturated heterocycles. The van der Waals surface area contributed by atoms with Gasteiger partial charge in [-0.15, -0.1) is 0 Å². The zero-order valence-corrected chi connectivity index (χ0v) is 33.8. The van der Waals surface area contributed by atoms with Crippen molar-refractivity contribution in [3.8, 4) is 78.8 Å². The molecule has 8 aromatic carbocycles. The summed E-state index contributed by atoms with van der Waals surface area (Å²) >= 11 is 0. The number of aromatic nitrogens is 4. The van der Waals surface area contributed by atoms with Crippen LogP contribution in [0.2, 0.25) is 0 Å². The first kappa shape index (κ1) is 36.3. The Bertz CT molecular complexity index is 3240. The molecule has 0 aliphatic heterocycles. The lowest BCUT2D eigenvalue weighted by atomic mass is 9.85. The number of pyridine rings is 1. The average Bonchev–Trinajstić information content (AvgIpc) is 3.34. The van der Waals surface area contributed by atoms with Crippen molar-refractivity contribution < 1.29 is 0 Å². The number of fused-ring (bicyclic) bond motifs is 6. The zero-order chi connectivity index (χ0) is 40.7. The summed E-state index contributed by atoms with van der Waals surface area (Å²) in [5, 5.41) is 5.21. The van der Waals surface area contributed by atoms with Gasteiger partial charge in [-0.3, -0.25) is 4.98 Å². The van der Waals surface area contributed by atoms with Gasteiger partial charge in [0.05, 0.1) is 5.69 Å². The Morgan fingerprint density at radius 2 is 0.852 bits per heavy atom. The fourth-order valence-corrected chi connectivity index (χ4v) is 8.80. The minimum absolute atomic E-state index is 0.628. The molecule has 288 valence electrons. The second kappa shape index (κ2) is 15.4. The first-order chi connectivity index (χ1) is 30.1. The smallest absolute Gasteiger partial charge is 0.164 e. The van der Waals surface area contributed by atoms with Gasteiger partial charge in [-0.05, 0) is 128 Å². The van der Waals surface area contributed by atoms with Crippen LogP contribution in [-0.2, 0) is 6.42 Å². The maximum Gasteiger partial charge on any atom is 0.164 e. The summed E-state index contributed by atoms with van der Waals surface area (Å²) in [4.78, 5) is 20.1. The van der Waals surface area contributed by atoms with Crippen LogP contribution in [0.1, 0.15) is 23.2 Å². The van der Waals surface area contributed by atoms with Gasteiger partial charge >= 0.3 is 0 Å². The lowest BCUT2D eigenvalue weighted by Gasteiger charge is -2.19. The van der Waals surface area contributed by atoms with Gasteiger partial charge in [-0.1, -0.05) is 158 Å². The third-order valence-corrected chi connectivity index (χ3v) is 11.8. The van der Waals surface area contributed by atoms with Crippen molar-refractivity contribution in [2.75, 3.05) is 0 Å². The zero-order valence-electron chi connectivity index (χ0n) is 33.8. The van der Waals surface area contributed by atoms with Crippen molar-refractivity contribution in [2.45, 2.75) is 19.8 Å². The Balaban J connectivity index is 1.08. The quantitative estimate of drug-likeness (QED) is 0.151. The van der Waals surface area contributed by atoms with E-state index in [0.717, 1.165) is 79.9 Å². The molecule has 4 heteroatoms. The normalized spacial score (nSPS) is 12.1. The summed E-state index contributed by atoms with van der Waals surface area (Å²) in [6, 6.07) is 66.6. The first-order valence-corrected chi connectivity index (χ1v) is 20.9. The fourth-order valence-electron chi connectivity index (χ4n) is 8.80. The van der Waals surface area contributed by atoms with Crippen molar-refractivity contribution in [3.05, 3.63) is 211 Å². The van der Waals surface area contributed by atoms with E-state index >= 15 is 0 Å². The van der Waals surface area contributed by atoms with Crippen LogP contribution in [0.5, 0.6) is 0 Å². The SMILES string of the molecule is Cc1cccc(-c2cccc(-c3ccc(-c4cc(-c5ccc6c(c5)c5c(c7ccccc76)C=CCC5)cc(-c5nc(-c6ccccc6)nc(-c6ccccc6)n5)c4)cc3)c2)n1.